The normalized spacial score (nSPS) is 22.2. The highest BCUT2D eigenvalue weighted by Crippen LogP contribution is 2.23. The molecule has 0 spiro atoms. The maximum Gasteiger partial charge on any atom is 0.251 e. The van der Waals surface area contributed by atoms with Crippen molar-refractivity contribution in [2.75, 3.05) is 6.54 Å². The Hall–Kier alpha value is -2.63. The Kier molecular flexibility index (Phi) is 4.93. The van der Waals surface area contributed by atoms with Crippen LogP contribution in [-0.2, 0) is 9.59 Å². The van der Waals surface area contributed by atoms with Gasteiger partial charge in [0.25, 0.3) is 5.91 Å². The lowest BCUT2D eigenvalue weighted by molar-refractivity contribution is -0.133. The summed E-state index contributed by atoms with van der Waals surface area (Å²) in [5.41, 5.74) is 7.20. The first-order valence-corrected chi connectivity index (χ1v) is 7.20. The molecule has 0 radical (unpaired) electrons. The van der Waals surface area contributed by atoms with E-state index in [4.69, 9.17) is 5.73 Å². The number of nitrogens with zero attached hydrogens (tertiary/aromatic N) is 2. The molecule has 1 atom stereocenters. The van der Waals surface area contributed by atoms with Crippen LogP contribution >= 0.6 is 0 Å². The van der Waals surface area contributed by atoms with Crippen LogP contribution in [0.5, 0.6) is 0 Å². The van der Waals surface area contributed by atoms with Crippen molar-refractivity contribution < 1.29 is 9.59 Å². The molecule has 1 aliphatic rings. The van der Waals surface area contributed by atoms with Gasteiger partial charge in [-0.25, -0.2) is 4.99 Å². The van der Waals surface area contributed by atoms with Gasteiger partial charge in [-0.1, -0.05) is 18.2 Å². The summed E-state index contributed by atoms with van der Waals surface area (Å²) >= 11 is 0. The standard InChI is InChI=1S/C16H20N4O2/c1-3-20-15(19-13-7-5-4-6-8-13)12(10-17)9-14(16(20)22)18-11(2)21/h4-8,10,14H,3,9,17H2,1-2H3,(H,18,21)/b12-10-,19-15?. The van der Waals surface area contributed by atoms with E-state index in [9.17, 15) is 9.59 Å². The second kappa shape index (κ2) is 6.89. The molecule has 2 amide bonds. The van der Waals surface area contributed by atoms with Crippen molar-refractivity contribution in [1.82, 2.24) is 10.2 Å². The zero-order valence-corrected chi connectivity index (χ0v) is 12.7. The molecule has 1 fully saturated rings. The van der Waals surface area contributed by atoms with Crippen molar-refractivity contribution in [3.05, 3.63) is 42.1 Å². The van der Waals surface area contributed by atoms with Crippen molar-refractivity contribution in [2.24, 2.45) is 10.7 Å². The van der Waals surface area contributed by atoms with E-state index in [-0.39, 0.29) is 11.8 Å². The van der Waals surface area contributed by atoms with Gasteiger partial charge in [0.15, 0.2) is 0 Å². The number of carbonyl (C=O) groups excluding carboxylic acids is 2. The number of benzene rings is 1. The molecule has 0 bridgehead atoms. The SMILES string of the molecule is CCN1C(=O)C(NC(C)=O)C/C(=C/N)C1=Nc1ccccc1. The summed E-state index contributed by atoms with van der Waals surface area (Å²) in [6.45, 7) is 3.71. The van der Waals surface area contributed by atoms with Gasteiger partial charge >= 0.3 is 0 Å². The number of amides is 2. The van der Waals surface area contributed by atoms with Gasteiger partial charge in [0, 0.05) is 31.7 Å². The van der Waals surface area contributed by atoms with Crippen molar-refractivity contribution in [3.63, 3.8) is 0 Å². The van der Waals surface area contributed by atoms with E-state index >= 15 is 0 Å². The molecule has 1 saturated heterocycles. The quantitative estimate of drug-likeness (QED) is 0.882. The predicted octanol–water partition coefficient (Wildman–Crippen LogP) is 1.32. The van der Waals surface area contributed by atoms with Crippen LogP contribution in [0.1, 0.15) is 20.3 Å². The van der Waals surface area contributed by atoms with Gasteiger partial charge in [-0.3, -0.25) is 14.5 Å². The zero-order chi connectivity index (χ0) is 16.1. The minimum atomic E-state index is -0.595. The number of amidine groups is 1. The molecule has 2 rings (SSSR count). The summed E-state index contributed by atoms with van der Waals surface area (Å²) in [4.78, 5) is 29.9. The van der Waals surface area contributed by atoms with Gasteiger partial charge in [-0.2, -0.15) is 0 Å². The molecule has 1 heterocycles. The zero-order valence-electron chi connectivity index (χ0n) is 12.7. The fraction of sp³-hybridized carbons (Fsp3) is 0.312. The number of likely N-dealkylation sites (N-methyl/N-ethyl adjacent to an activating group) is 1. The van der Waals surface area contributed by atoms with E-state index in [0.29, 0.717) is 18.8 Å². The van der Waals surface area contributed by atoms with E-state index in [1.807, 2.05) is 37.3 Å². The van der Waals surface area contributed by atoms with Crippen molar-refractivity contribution in [2.45, 2.75) is 26.3 Å². The van der Waals surface area contributed by atoms with Crippen LogP contribution in [0.25, 0.3) is 0 Å². The summed E-state index contributed by atoms with van der Waals surface area (Å²) < 4.78 is 0. The topological polar surface area (TPSA) is 87.8 Å². The number of hydrogen-bond donors (Lipinski definition) is 2. The first kappa shape index (κ1) is 15.8. The Bertz CT molecular complexity index is 622. The second-order valence-corrected chi connectivity index (χ2v) is 5.00. The number of likely N-dealkylation sites (tertiary alicyclic amines) is 1. The highest BCUT2D eigenvalue weighted by molar-refractivity contribution is 6.13. The Morgan fingerprint density at radius 2 is 2.14 bits per heavy atom. The highest BCUT2D eigenvalue weighted by atomic mass is 16.2. The molecule has 0 saturated carbocycles. The summed E-state index contributed by atoms with van der Waals surface area (Å²) in [5.74, 6) is 0.134. The molecule has 6 nitrogen and oxygen atoms in total. The van der Waals surface area contributed by atoms with Crippen LogP contribution in [0.2, 0.25) is 0 Å². The highest BCUT2D eigenvalue weighted by Gasteiger charge is 2.35. The maximum absolute atomic E-state index is 12.5. The maximum atomic E-state index is 12.5. The fourth-order valence-electron chi connectivity index (χ4n) is 2.43. The third-order valence-corrected chi connectivity index (χ3v) is 3.42. The van der Waals surface area contributed by atoms with Crippen molar-refractivity contribution in [3.8, 4) is 0 Å². The molecule has 6 heteroatoms. The average molecular weight is 300 g/mol. The summed E-state index contributed by atoms with van der Waals surface area (Å²) in [5, 5.41) is 2.66. The van der Waals surface area contributed by atoms with Crippen LogP contribution in [0.15, 0.2) is 47.1 Å². The first-order valence-electron chi connectivity index (χ1n) is 7.20. The largest absolute Gasteiger partial charge is 0.404 e. The predicted molar refractivity (Wildman–Crippen MR) is 85.4 cm³/mol. The third kappa shape index (κ3) is 3.33. The molecule has 1 aromatic carbocycles. The van der Waals surface area contributed by atoms with Crippen molar-refractivity contribution >= 4 is 23.3 Å². The fourth-order valence-corrected chi connectivity index (χ4v) is 2.43. The van der Waals surface area contributed by atoms with Crippen LogP contribution in [0.3, 0.4) is 0 Å². The Morgan fingerprint density at radius 1 is 1.45 bits per heavy atom. The molecule has 116 valence electrons. The van der Waals surface area contributed by atoms with Gasteiger partial charge in [-0.05, 0) is 19.1 Å². The lowest BCUT2D eigenvalue weighted by atomic mass is 9.98. The number of nitrogens with two attached hydrogens (primary N) is 1. The van der Waals surface area contributed by atoms with Crippen molar-refractivity contribution in [1.29, 1.82) is 0 Å². The molecular weight excluding hydrogens is 280 g/mol. The molecule has 0 aromatic heterocycles. The Balaban J connectivity index is 2.39. The number of rotatable bonds is 3. The van der Waals surface area contributed by atoms with Gasteiger partial charge in [0.05, 0.1) is 5.69 Å². The number of para-hydroxylation sites is 1. The average Bonchev–Trinajstić information content (AvgIpc) is 2.51. The summed E-state index contributed by atoms with van der Waals surface area (Å²) in [6, 6.07) is 8.79. The molecule has 1 unspecified atom stereocenters. The van der Waals surface area contributed by atoms with E-state index in [1.54, 1.807) is 4.90 Å². The van der Waals surface area contributed by atoms with Gasteiger partial charge in [0.2, 0.25) is 5.91 Å². The van der Waals surface area contributed by atoms with Gasteiger partial charge in [-0.15, -0.1) is 0 Å². The molecule has 1 aliphatic heterocycles. The number of aliphatic imine (C=N–C) groups is 1. The van der Waals surface area contributed by atoms with E-state index < -0.39 is 6.04 Å². The smallest absolute Gasteiger partial charge is 0.251 e. The van der Waals surface area contributed by atoms with Crippen LogP contribution < -0.4 is 11.1 Å². The Labute approximate surface area is 129 Å². The van der Waals surface area contributed by atoms with Gasteiger partial charge in [0.1, 0.15) is 11.9 Å². The molecule has 0 aliphatic carbocycles. The lowest BCUT2D eigenvalue weighted by Gasteiger charge is -2.34. The van der Waals surface area contributed by atoms with Crippen LogP contribution in [0.4, 0.5) is 5.69 Å². The van der Waals surface area contributed by atoms with E-state index in [2.05, 4.69) is 10.3 Å². The monoisotopic (exact) mass is 300 g/mol. The van der Waals surface area contributed by atoms with E-state index in [0.717, 1.165) is 11.3 Å². The van der Waals surface area contributed by atoms with Crippen LogP contribution in [0, 0.1) is 0 Å². The molecule has 1 aromatic rings. The first-order chi connectivity index (χ1) is 10.6. The van der Waals surface area contributed by atoms with Gasteiger partial charge < -0.3 is 11.1 Å². The summed E-state index contributed by atoms with van der Waals surface area (Å²) in [6.07, 6.45) is 1.79. The minimum absolute atomic E-state index is 0.169. The number of hydrogen-bond acceptors (Lipinski definition) is 4. The number of piperidine rings is 1. The number of nitrogens with one attached hydrogen (secondary N) is 1. The van der Waals surface area contributed by atoms with E-state index in [1.165, 1.54) is 13.1 Å². The Morgan fingerprint density at radius 3 is 2.68 bits per heavy atom. The molecular formula is C16H20N4O2. The third-order valence-electron chi connectivity index (χ3n) is 3.42. The second-order valence-electron chi connectivity index (χ2n) is 5.00. The number of carbonyl (C=O) groups is 2. The molecule has 22 heavy (non-hydrogen) atoms. The van der Waals surface area contributed by atoms with Crippen LogP contribution in [-0.4, -0.2) is 35.1 Å². The minimum Gasteiger partial charge on any atom is -0.404 e. The summed E-state index contributed by atoms with van der Waals surface area (Å²) in [7, 11) is 0. The lowest BCUT2D eigenvalue weighted by Crippen LogP contribution is -2.55. The molecule has 3 N–H and O–H groups in total.